The van der Waals surface area contributed by atoms with E-state index < -0.39 is 6.10 Å². The maximum Gasteiger partial charge on any atom is 0.122 e. The number of hydrogen-bond acceptors (Lipinski definition) is 2. The monoisotopic (exact) mass is 391 g/mol. The fourth-order valence-corrected chi connectivity index (χ4v) is 3.37. The lowest BCUT2D eigenvalue weighted by Crippen LogP contribution is -2.03. The van der Waals surface area contributed by atoms with Crippen LogP contribution in [0.3, 0.4) is 0 Å². The van der Waals surface area contributed by atoms with Crippen molar-refractivity contribution in [1.29, 1.82) is 0 Å². The minimum atomic E-state index is -0.748. The van der Waals surface area contributed by atoms with Crippen molar-refractivity contribution in [3.8, 4) is 0 Å². The number of fused-ring (bicyclic) bond motifs is 1. The standard InChI is InChI=1S/C16H11Br2NO/c17-13-8-14(18)15(19-9-13)16(20)12-6-5-10-3-1-2-4-11(10)7-12/h1-9,16,20H. The molecule has 3 aromatic rings. The van der Waals surface area contributed by atoms with E-state index in [4.69, 9.17) is 0 Å². The lowest BCUT2D eigenvalue weighted by atomic mass is 10.0. The van der Waals surface area contributed by atoms with Crippen LogP contribution in [0.1, 0.15) is 17.4 Å². The molecular weight excluding hydrogens is 382 g/mol. The second kappa shape index (κ2) is 5.64. The van der Waals surface area contributed by atoms with E-state index in [0.29, 0.717) is 5.69 Å². The van der Waals surface area contributed by atoms with Crippen LogP contribution in [0, 0.1) is 0 Å². The van der Waals surface area contributed by atoms with Gasteiger partial charge >= 0.3 is 0 Å². The summed E-state index contributed by atoms with van der Waals surface area (Å²) in [6, 6.07) is 15.9. The minimum Gasteiger partial charge on any atom is -0.382 e. The van der Waals surface area contributed by atoms with Crippen molar-refractivity contribution >= 4 is 42.6 Å². The van der Waals surface area contributed by atoms with Crippen molar-refractivity contribution in [2.24, 2.45) is 0 Å². The predicted molar refractivity (Wildman–Crippen MR) is 87.6 cm³/mol. The normalized spacial score (nSPS) is 12.6. The molecule has 0 amide bonds. The van der Waals surface area contributed by atoms with Crippen LogP contribution in [0.25, 0.3) is 10.8 Å². The Hall–Kier alpha value is -1.23. The topological polar surface area (TPSA) is 33.1 Å². The third-order valence-electron chi connectivity index (χ3n) is 3.18. The Kier molecular flexibility index (Phi) is 3.87. The summed E-state index contributed by atoms with van der Waals surface area (Å²) in [6.45, 7) is 0. The minimum absolute atomic E-state index is 0.614. The zero-order chi connectivity index (χ0) is 14.1. The van der Waals surface area contributed by atoms with Crippen LogP contribution in [-0.4, -0.2) is 10.1 Å². The zero-order valence-electron chi connectivity index (χ0n) is 10.4. The first-order valence-electron chi connectivity index (χ1n) is 6.13. The average Bonchev–Trinajstić information content (AvgIpc) is 2.46. The molecule has 2 aromatic carbocycles. The molecule has 1 aromatic heterocycles. The van der Waals surface area contributed by atoms with Gasteiger partial charge in [-0.3, -0.25) is 4.98 Å². The molecular formula is C16H11Br2NO. The predicted octanol–water partition coefficient (Wildman–Crippen LogP) is 4.84. The molecule has 1 N–H and O–H groups in total. The number of benzene rings is 2. The van der Waals surface area contributed by atoms with E-state index in [0.717, 1.165) is 25.3 Å². The lowest BCUT2D eigenvalue weighted by molar-refractivity contribution is 0.214. The Morgan fingerprint density at radius 1 is 0.950 bits per heavy atom. The summed E-state index contributed by atoms with van der Waals surface area (Å²) in [7, 11) is 0. The maximum absolute atomic E-state index is 10.5. The summed E-state index contributed by atoms with van der Waals surface area (Å²) in [4.78, 5) is 4.29. The largest absolute Gasteiger partial charge is 0.382 e. The van der Waals surface area contributed by atoms with Crippen LogP contribution < -0.4 is 0 Å². The highest BCUT2D eigenvalue weighted by Crippen LogP contribution is 2.30. The number of rotatable bonds is 2. The van der Waals surface area contributed by atoms with Crippen molar-refractivity contribution in [2.45, 2.75) is 6.10 Å². The van der Waals surface area contributed by atoms with E-state index in [-0.39, 0.29) is 0 Å². The van der Waals surface area contributed by atoms with E-state index >= 15 is 0 Å². The van der Waals surface area contributed by atoms with Crippen molar-refractivity contribution in [3.63, 3.8) is 0 Å². The smallest absolute Gasteiger partial charge is 0.122 e. The van der Waals surface area contributed by atoms with Gasteiger partial charge in [-0.1, -0.05) is 36.4 Å². The summed E-state index contributed by atoms with van der Waals surface area (Å²) in [5, 5.41) is 12.8. The van der Waals surface area contributed by atoms with Crippen molar-refractivity contribution in [2.75, 3.05) is 0 Å². The number of hydrogen-bond donors (Lipinski definition) is 1. The van der Waals surface area contributed by atoms with Crippen molar-refractivity contribution in [3.05, 3.63) is 74.9 Å². The van der Waals surface area contributed by atoms with Gasteiger partial charge in [0.1, 0.15) is 6.10 Å². The highest BCUT2D eigenvalue weighted by Gasteiger charge is 2.15. The molecule has 0 spiro atoms. The summed E-state index contributed by atoms with van der Waals surface area (Å²) in [6.07, 6.45) is 0.937. The van der Waals surface area contributed by atoms with Crippen LogP contribution in [0.5, 0.6) is 0 Å². The Balaban J connectivity index is 2.05. The van der Waals surface area contributed by atoms with E-state index in [1.54, 1.807) is 6.20 Å². The van der Waals surface area contributed by atoms with E-state index in [1.165, 1.54) is 0 Å². The Morgan fingerprint density at radius 2 is 1.70 bits per heavy atom. The molecule has 0 saturated carbocycles. The van der Waals surface area contributed by atoms with Gasteiger partial charge in [-0.2, -0.15) is 0 Å². The number of halogens is 2. The molecule has 0 aliphatic rings. The van der Waals surface area contributed by atoms with Gasteiger partial charge in [-0.05, 0) is 60.3 Å². The highest BCUT2D eigenvalue weighted by molar-refractivity contribution is 9.11. The SMILES string of the molecule is OC(c1ccc2ccccc2c1)c1ncc(Br)cc1Br. The molecule has 100 valence electrons. The molecule has 2 nitrogen and oxygen atoms in total. The van der Waals surface area contributed by atoms with Crippen LogP contribution in [0.15, 0.2) is 63.7 Å². The molecule has 0 aliphatic carbocycles. The molecule has 1 unspecified atom stereocenters. The first kappa shape index (κ1) is 13.7. The molecule has 20 heavy (non-hydrogen) atoms. The third-order valence-corrected chi connectivity index (χ3v) is 4.25. The number of nitrogens with zero attached hydrogens (tertiary/aromatic N) is 1. The van der Waals surface area contributed by atoms with Crippen LogP contribution in [-0.2, 0) is 0 Å². The fourth-order valence-electron chi connectivity index (χ4n) is 2.16. The third kappa shape index (κ3) is 2.64. The lowest BCUT2D eigenvalue weighted by Gasteiger charge is -2.13. The quantitative estimate of drug-likeness (QED) is 0.676. The van der Waals surface area contributed by atoms with Crippen LogP contribution >= 0.6 is 31.9 Å². The van der Waals surface area contributed by atoms with Crippen LogP contribution in [0.2, 0.25) is 0 Å². The maximum atomic E-state index is 10.5. The summed E-state index contributed by atoms with van der Waals surface area (Å²) in [5.41, 5.74) is 1.45. The number of pyridine rings is 1. The number of aromatic nitrogens is 1. The highest BCUT2D eigenvalue weighted by atomic mass is 79.9. The van der Waals surface area contributed by atoms with Crippen molar-refractivity contribution < 1.29 is 5.11 Å². The molecule has 0 radical (unpaired) electrons. The molecule has 0 aliphatic heterocycles. The van der Waals surface area contributed by atoms with Crippen LogP contribution in [0.4, 0.5) is 0 Å². The molecule has 1 heterocycles. The molecule has 0 fully saturated rings. The Labute approximate surface area is 133 Å². The van der Waals surface area contributed by atoms with Gasteiger partial charge in [-0.15, -0.1) is 0 Å². The second-order valence-electron chi connectivity index (χ2n) is 4.53. The number of aliphatic hydroxyl groups is 1. The summed E-state index contributed by atoms with van der Waals surface area (Å²) >= 11 is 6.80. The first-order valence-corrected chi connectivity index (χ1v) is 7.71. The summed E-state index contributed by atoms with van der Waals surface area (Å²) < 4.78 is 1.66. The van der Waals surface area contributed by atoms with Gasteiger partial charge in [0.05, 0.1) is 5.69 Å². The Bertz CT molecular complexity index is 773. The average molecular weight is 393 g/mol. The van der Waals surface area contributed by atoms with Gasteiger partial charge in [0.15, 0.2) is 0 Å². The van der Waals surface area contributed by atoms with E-state index in [9.17, 15) is 5.11 Å². The van der Waals surface area contributed by atoms with Gasteiger partial charge in [-0.25, -0.2) is 0 Å². The van der Waals surface area contributed by atoms with Gasteiger partial charge in [0.25, 0.3) is 0 Å². The molecule has 1 atom stereocenters. The fraction of sp³-hybridized carbons (Fsp3) is 0.0625. The molecule has 3 rings (SSSR count). The van der Waals surface area contributed by atoms with Gasteiger partial charge in [0, 0.05) is 15.1 Å². The molecule has 0 bridgehead atoms. The van der Waals surface area contributed by atoms with Crippen molar-refractivity contribution in [1.82, 2.24) is 4.98 Å². The van der Waals surface area contributed by atoms with Gasteiger partial charge < -0.3 is 5.11 Å². The Morgan fingerprint density at radius 3 is 2.45 bits per heavy atom. The van der Waals surface area contributed by atoms with E-state index in [2.05, 4.69) is 42.9 Å². The molecule has 4 heteroatoms. The molecule has 0 saturated heterocycles. The number of aliphatic hydroxyl groups excluding tert-OH is 1. The second-order valence-corrected chi connectivity index (χ2v) is 6.30. The first-order chi connectivity index (χ1) is 9.65. The summed E-state index contributed by atoms with van der Waals surface area (Å²) in [5.74, 6) is 0. The zero-order valence-corrected chi connectivity index (χ0v) is 13.6. The van der Waals surface area contributed by atoms with E-state index in [1.807, 2.05) is 42.5 Å². The van der Waals surface area contributed by atoms with Gasteiger partial charge in [0.2, 0.25) is 0 Å².